The molecular formula is C18H20N2O. The fourth-order valence-electron chi connectivity index (χ4n) is 2.97. The van der Waals surface area contributed by atoms with E-state index in [1.165, 1.54) is 12.8 Å². The van der Waals surface area contributed by atoms with Gasteiger partial charge in [0.05, 0.1) is 19.1 Å². The summed E-state index contributed by atoms with van der Waals surface area (Å²) in [5.74, 6) is 1.49. The zero-order valence-corrected chi connectivity index (χ0v) is 12.1. The van der Waals surface area contributed by atoms with Gasteiger partial charge in [-0.15, -0.1) is 0 Å². The van der Waals surface area contributed by atoms with E-state index in [1.807, 2.05) is 18.2 Å². The van der Waals surface area contributed by atoms with Gasteiger partial charge in [-0.05, 0) is 48.7 Å². The van der Waals surface area contributed by atoms with Crippen LogP contribution in [0.5, 0.6) is 5.75 Å². The van der Waals surface area contributed by atoms with Crippen LogP contribution in [0.25, 0.3) is 10.8 Å². The minimum absolute atomic E-state index is 0.392. The summed E-state index contributed by atoms with van der Waals surface area (Å²) in [6.45, 7) is 2.91. The maximum Gasteiger partial charge on any atom is 0.124 e. The highest BCUT2D eigenvalue weighted by Crippen LogP contribution is 2.29. The SMILES string of the molecule is N#CCc1c(OCC2CCNCC2)ccc2ccccc12. The topological polar surface area (TPSA) is 45.0 Å². The van der Waals surface area contributed by atoms with Gasteiger partial charge in [-0.1, -0.05) is 30.3 Å². The quantitative estimate of drug-likeness (QED) is 0.934. The van der Waals surface area contributed by atoms with Crippen molar-refractivity contribution in [3.8, 4) is 11.8 Å². The smallest absolute Gasteiger partial charge is 0.124 e. The van der Waals surface area contributed by atoms with E-state index in [4.69, 9.17) is 10.00 Å². The Labute approximate surface area is 125 Å². The summed E-state index contributed by atoms with van der Waals surface area (Å²) < 4.78 is 6.06. The van der Waals surface area contributed by atoms with Crippen molar-refractivity contribution in [2.75, 3.05) is 19.7 Å². The molecule has 0 aromatic heterocycles. The highest BCUT2D eigenvalue weighted by atomic mass is 16.5. The summed E-state index contributed by atoms with van der Waals surface area (Å²) in [5.41, 5.74) is 1.02. The molecule has 0 spiro atoms. The molecule has 0 saturated carbocycles. The van der Waals surface area contributed by atoms with Gasteiger partial charge in [-0.2, -0.15) is 5.26 Å². The standard InChI is InChI=1S/C18H20N2O/c19-10-7-17-16-4-2-1-3-15(16)5-6-18(17)21-13-14-8-11-20-12-9-14/h1-6,14,20H,7-9,11-13H2. The molecule has 1 heterocycles. The Balaban J connectivity index is 1.83. The van der Waals surface area contributed by atoms with E-state index in [1.54, 1.807) is 0 Å². The predicted molar refractivity (Wildman–Crippen MR) is 84.4 cm³/mol. The lowest BCUT2D eigenvalue weighted by atomic mass is 9.99. The average molecular weight is 280 g/mol. The largest absolute Gasteiger partial charge is 0.493 e. The maximum atomic E-state index is 9.11. The highest BCUT2D eigenvalue weighted by Gasteiger charge is 2.15. The number of nitrogens with one attached hydrogen (secondary N) is 1. The summed E-state index contributed by atoms with van der Waals surface area (Å²) in [4.78, 5) is 0. The van der Waals surface area contributed by atoms with Crippen molar-refractivity contribution in [1.82, 2.24) is 5.32 Å². The Morgan fingerprint density at radius 3 is 2.76 bits per heavy atom. The van der Waals surface area contributed by atoms with Crippen LogP contribution in [0.4, 0.5) is 0 Å². The Bertz CT molecular complexity index is 654. The molecule has 0 amide bonds. The molecule has 21 heavy (non-hydrogen) atoms. The van der Waals surface area contributed by atoms with Crippen molar-refractivity contribution in [3.63, 3.8) is 0 Å². The Morgan fingerprint density at radius 2 is 1.95 bits per heavy atom. The van der Waals surface area contributed by atoms with E-state index in [0.29, 0.717) is 12.3 Å². The lowest BCUT2D eigenvalue weighted by Crippen LogP contribution is -2.30. The number of ether oxygens (including phenoxy) is 1. The number of fused-ring (bicyclic) bond motifs is 1. The van der Waals surface area contributed by atoms with Gasteiger partial charge in [0.2, 0.25) is 0 Å². The monoisotopic (exact) mass is 280 g/mol. The Morgan fingerprint density at radius 1 is 1.14 bits per heavy atom. The third-order valence-corrected chi connectivity index (χ3v) is 4.19. The zero-order valence-electron chi connectivity index (χ0n) is 12.1. The molecule has 3 heteroatoms. The summed E-state index contributed by atoms with van der Waals surface area (Å²) in [6, 6.07) is 14.5. The predicted octanol–water partition coefficient (Wildman–Crippen LogP) is 3.28. The molecule has 1 aliphatic heterocycles. The third-order valence-electron chi connectivity index (χ3n) is 4.19. The van der Waals surface area contributed by atoms with Gasteiger partial charge < -0.3 is 10.1 Å². The molecular weight excluding hydrogens is 260 g/mol. The lowest BCUT2D eigenvalue weighted by Gasteiger charge is -2.23. The summed E-state index contributed by atoms with van der Waals surface area (Å²) >= 11 is 0. The molecule has 0 aliphatic carbocycles. The minimum atomic E-state index is 0.392. The Hall–Kier alpha value is -2.05. The molecule has 1 aliphatic rings. The average Bonchev–Trinajstić information content (AvgIpc) is 2.55. The van der Waals surface area contributed by atoms with Crippen molar-refractivity contribution in [1.29, 1.82) is 5.26 Å². The van der Waals surface area contributed by atoms with E-state index >= 15 is 0 Å². The molecule has 0 unspecified atom stereocenters. The van der Waals surface area contributed by atoms with Gasteiger partial charge in [0.15, 0.2) is 0 Å². The first-order valence-corrected chi connectivity index (χ1v) is 7.59. The Kier molecular flexibility index (Phi) is 4.37. The van der Waals surface area contributed by atoms with Crippen molar-refractivity contribution in [3.05, 3.63) is 42.0 Å². The van der Waals surface area contributed by atoms with Crippen LogP contribution < -0.4 is 10.1 Å². The van der Waals surface area contributed by atoms with Crippen molar-refractivity contribution >= 4 is 10.8 Å². The van der Waals surface area contributed by atoms with Gasteiger partial charge in [0.25, 0.3) is 0 Å². The van der Waals surface area contributed by atoms with Crippen LogP contribution in [0.2, 0.25) is 0 Å². The summed E-state index contributed by atoms with van der Waals surface area (Å²) in [5, 5.41) is 14.8. The second-order valence-electron chi connectivity index (χ2n) is 5.60. The van der Waals surface area contributed by atoms with Gasteiger partial charge in [0.1, 0.15) is 5.75 Å². The van der Waals surface area contributed by atoms with Gasteiger partial charge >= 0.3 is 0 Å². The van der Waals surface area contributed by atoms with Crippen molar-refractivity contribution in [2.24, 2.45) is 5.92 Å². The van der Waals surface area contributed by atoms with Crippen LogP contribution in [0, 0.1) is 17.2 Å². The first-order chi connectivity index (χ1) is 10.4. The highest BCUT2D eigenvalue weighted by molar-refractivity contribution is 5.88. The van der Waals surface area contributed by atoms with Gasteiger partial charge in [0, 0.05) is 5.56 Å². The molecule has 0 bridgehead atoms. The molecule has 0 atom stereocenters. The van der Waals surface area contributed by atoms with Crippen molar-refractivity contribution in [2.45, 2.75) is 19.3 Å². The summed E-state index contributed by atoms with van der Waals surface area (Å²) in [6.07, 6.45) is 2.73. The lowest BCUT2D eigenvalue weighted by molar-refractivity contribution is 0.214. The zero-order chi connectivity index (χ0) is 14.5. The first kappa shape index (κ1) is 13.9. The maximum absolute atomic E-state index is 9.11. The normalized spacial score (nSPS) is 15.8. The van der Waals surface area contributed by atoms with E-state index in [9.17, 15) is 0 Å². The first-order valence-electron chi connectivity index (χ1n) is 7.59. The van der Waals surface area contributed by atoms with Gasteiger partial charge in [-0.3, -0.25) is 0 Å². The number of hydrogen-bond donors (Lipinski definition) is 1. The summed E-state index contributed by atoms with van der Waals surface area (Å²) in [7, 11) is 0. The molecule has 3 rings (SSSR count). The van der Waals surface area contributed by atoms with E-state index in [2.05, 4.69) is 29.6 Å². The molecule has 2 aromatic carbocycles. The van der Waals surface area contributed by atoms with Crippen molar-refractivity contribution < 1.29 is 4.74 Å². The number of rotatable bonds is 4. The third kappa shape index (κ3) is 3.17. The van der Waals surface area contributed by atoms with Crippen LogP contribution in [0.15, 0.2) is 36.4 Å². The van der Waals surface area contributed by atoms with Gasteiger partial charge in [-0.25, -0.2) is 0 Å². The van der Waals surface area contributed by atoms with Crippen LogP contribution in [-0.4, -0.2) is 19.7 Å². The number of nitriles is 1. The minimum Gasteiger partial charge on any atom is -0.493 e. The molecule has 1 N–H and O–H groups in total. The molecule has 0 radical (unpaired) electrons. The number of piperidine rings is 1. The van der Waals surface area contributed by atoms with Crippen LogP contribution in [0.3, 0.4) is 0 Å². The molecule has 1 fully saturated rings. The van der Waals surface area contributed by atoms with Crippen LogP contribution >= 0.6 is 0 Å². The molecule has 1 saturated heterocycles. The number of nitrogens with zero attached hydrogens (tertiary/aromatic N) is 1. The van der Waals surface area contributed by atoms with E-state index in [-0.39, 0.29) is 0 Å². The number of benzene rings is 2. The van der Waals surface area contributed by atoms with Crippen LogP contribution in [-0.2, 0) is 6.42 Å². The molecule has 108 valence electrons. The van der Waals surface area contributed by atoms with E-state index in [0.717, 1.165) is 41.8 Å². The second kappa shape index (κ2) is 6.60. The fraction of sp³-hybridized carbons (Fsp3) is 0.389. The fourth-order valence-corrected chi connectivity index (χ4v) is 2.97. The number of hydrogen-bond acceptors (Lipinski definition) is 3. The van der Waals surface area contributed by atoms with Crippen LogP contribution in [0.1, 0.15) is 18.4 Å². The van der Waals surface area contributed by atoms with E-state index < -0.39 is 0 Å². The molecule has 2 aromatic rings. The molecule has 3 nitrogen and oxygen atoms in total. The second-order valence-corrected chi connectivity index (χ2v) is 5.60.